The molecule has 0 N–H and O–H groups in total. The van der Waals surface area contributed by atoms with E-state index in [1.54, 1.807) is 0 Å². The highest BCUT2D eigenvalue weighted by Crippen LogP contribution is 2.41. The highest BCUT2D eigenvalue weighted by Gasteiger charge is 2.40. The lowest BCUT2D eigenvalue weighted by Gasteiger charge is -2.47. The zero-order valence-corrected chi connectivity index (χ0v) is 14.3. The minimum atomic E-state index is -0.210. The molecule has 1 aromatic rings. The van der Waals surface area contributed by atoms with Crippen LogP contribution in [0.25, 0.3) is 5.57 Å². The van der Waals surface area contributed by atoms with Crippen molar-refractivity contribution in [1.82, 2.24) is 4.90 Å². The maximum atomic E-state index is 12.6. The smallest absolute Gasteiger partial charge is 0.338 e. The molecule has 3 aliphatic heterocycles. The van der Waals surface area contributed by atoms with Crippen molar-refractivity contribution in [2.24, 2.45) is 5.41 Å². The summed E-state index contributed by atoms with van der Waals surface area (Å²) in [5.74, 6) is -0.210. The Kier molecular flexibility index (Phi) is 3.73. The van der Waals surface area contributed by atoms with Gasteiger partial charge in [0.25, 0.3) is 0 Å². The van der Waals surface area contributed by atoms with Crippen molar-refractivity contribution in [3.63, 3.8) is 0 Å². The Hall–Kier alpha value is -1.32. The number of piperidine rings is 3. The third kappa shape index (κ3) is 2.60. The van der Waals surface area contributed by atoms with E-state index < -0.39 is 0 Å². The van der Waals surface area contributed by atoms with Crippen LogP contribution in [-0.4, -0.2) is 37.1 Å². The SMILES string of the molecule is Cc1ccc2c(c1Cl)C(C(=O)OCC13CCN(CC1)CC3)=CC2. The Balaban J connectivity index is 1.48. The van der Waals surface area contributed by atoms with Crippen LogP contribution < -0.4 is 0 Å². The number of rotatable bonds is 3. The number of hydrogen-bond acceptors (Lipinski definition) is 3. The number of hydrogen-bond donors (Lipinski definition) is 0. The van der Waals surface area contributed by atoms with E-state index in [2.05, 4.69) is 11.0 Å². The zero-order chi connectivity index (χ0) is 16.0. The van der Waals surface area contributed by atoms with E-state index in [1.807, 2.05) is 19.1 Å². The molecule has 4 heteroatoms. The van der Waals surface area contributed by atoms with Crippen LogP contribution in [0.5, 0.6) is 0 Å². The molecule has 0 radical (unpaired) electrons. The van der Waals surface area contributed by atoms with Crippen molar-refractivity contribution in [3.05, 3.63) is 39.9 Å². The van der Waals surface area contributed by atoms with Crippen LogP contribution in [0.2, 0.25) is 5.02 Å². The molecule has 0 unspecified atom stereocenters. The lowest BCUT2D eigenvalue weighted by molar-refractivity contribution is -0.143. The van der Waals surface area contributed by atoms with Crippen LogP contribution in [0, 0.1) is 12.3 Å². The first-order valence-corrected chi connectivity index (χ1v) is 8.84. The standard InChI is InChI=1S/C19H22ClNO2/c1-13-2-3-14-4-5-15(16(14)17(13)20)18(22)23-12-19-6-9-21(10-7-19)11-8-19/h2-3,5H,4,6-12H2,1H3. The molecular weight excluding hydrogens is 310 g/mol. The molecule has 0 saturated carbocycles. The summed E-state index contributed by atoms with van der Waals surface area (Å²) in [4.78, 5) is 15.1. The van der Waals surface area contributed by atoms with Gasteiger partial charge in [-0.05, 0) is 63.4 Å². The molecule has 3 heterocycles. The molecule has 3 fully saturated rings. The van der Waals surface area contributed by atoms with Crippen molar-refractivity contribution in [2.75, 3.05) is 26.2 Å². The molecule has 0 amide bonds. The fraction of sp³-hybridized carbons (Fsp3) is 0.526. The summed E-state index contributed by atoms with van der Waals surface area (Å²) >= 11 is 6.43. The maximum Gasteiger partial charge on any atom is 0.338 e. The summed E-state index contributed by atoms with van der Waals surface area (Å²) in [6, 6.07) is 4.07. The van der Waals surface area contributed by atoms with E-state index in [1.165, 1.54) is 0 Å². The van der Waals surface area contributed by atoms with Gasteiger partial charge in [-0.25, -0.2) is 4.79 Å². The topological polar surface area (TPSA) is 29.5 Å². The van der Waals surface area contributed by atoms with E-state index in [0.717, 1.165) is 62.0 Å². The van der Waals surface area contributed by atoms with Crippen LogP contribution in [0.3, 0.4) is 0 Å². The van der Waals surface area contributed by atoms with Crippen molar-refractivity contribution >= 4 is 23.1 Å². The second-order valence-electron chi connectivity index (χ2n) is 7.22. The van der Waals surface area contributed by atoms with Gasteiger partial charge in [0.15, 0.2) is 0 Å². The molecule has 5 rings (SSSR count). The largest absolute Gasteiger partial charge is 0.461 e. The number of benzene rings is 1. The fourth-order valence-corrected chi connectivity index (χ4v) is 4.38. The highest BCUT2D eigenvalue weighted by molar-refractivity contribution is 6.35. The van der Waals surface area contributed by atoms with Crippen molar-refractivity contribution in [3.8, 4) is 0 Å². The fourth-order valence-electron chi connectivity index (χ4n) is 4.09. The highest BCUT2D eigenvalue weighted by atomic mass is 35.5. The number of nitrogens with zero attached hydrogens (tertiary/aromatic N) is 1. The molecule has 4 aliphatic rings. The van der Waals surface area contributed by atoms with Crippen LogP contribution >= 0.6 is 11.6 Å². The van der Waals surface area contributed by atoms with Gasteiger partial charge < -0.3 is 9.64 Å². The average Bonchev–Trinajstić information content (AvgIpc) is 3.03. The lowest BCUT2D eigenvalue weighted by atomic mass is 9.73. The van der Waals surface area contributed by atoms with E-state index in [0.29, 0.717) is 17.2 Å². The van der Waals surface area contributed by atoms with Gasteiger partial charge >= 0.3 is 5.97 Å². The van der Waals surface area contributed by atoms with E-state index >= 15 is 0 Å². The molecule has 3 saturated heterocycles. The van der Waals surface area contributed by atoms with Crippen LogP contribution in [0.1, 0.15) is 36.0 Å². The molecule has 3 nitrogen and oxygen atoms in total. The van der Waals surface area contributed by atoms with E-state index in [-0.39, 0.29) is 11.4 Å². The molecule has 122 valence electrons. The predicted molar refractivity (Wildman–Crippen MR) is 91.6 cm³/mol. The molecule has 1 aromatic carbocycles. The number of halogens is 1. The Morgan fingerprint density at radius 3 is 2.65 bits per heavy atom. The molecule has 2 bridgehead atoms. The van der Waals surface area contributed by atoms with Crippen molar-refractivity contribution in [1.29, 1.82) is 0 Å². The molecular formula is C19H22ClNO2. The van der Waals surface area contributed by atoms with E-state index in [4.69, 9.17) is 16.3 Å². The second kappa shape index (κ2) is 5.64. The first kappa shape index (κ1) is 15.2. The number of ether oxygens (including phenoxy) is 1. The predicted octanol–water partition coefficient (Wildman–Crippen LogP) is 3.62. The van der Waals surface area contributed by atoms with Crippen molar-refractivity contribution in [2.45, 2.75) is 32.6 Å². The normalized spacial score (nSPS) is 28.4. The van der Waals surface area contributed by atoms with Gasteiger partial charge in [0, 0.05) is 11.0 Å². The summed E-state index contributed by atoms with van der Waals surface area (Å²) in [5.41, 5.74) is 3.87. The van der Waals surface area contributed by atoms with Crippen LogP contribution in [-0.2, 0) is 16.0 Å². The van der Waals surface area contributed by atoms with Gasteiger partial charge in [0.2, 0.25) is 0 Å². The average molecular weight is 332 g/mol. The lowest BCUT2D eigenvalue weighted by Crippen LogP contribution is -2.50. The van der Waals surface area contributed by atoms with Crippen LogP contribution in [0.4, 0.5) is 0 Å². The number of esters is 1. The van der Waals surface area contributed by atoms with Gasteiger partial charge in [-0.3, -0.25) is 0 Å². The third-order valence-corrected chi connectivity index (χ3v) is 6.31. The van der Waals surface area contributed by atoms with Gasteiger partial charge in [-0.1, -0.05) is 29.8 Å². The van der Waals surface area contributed by atoms with Gasteiger partial charge in [0.05, 0.1) is 17.2 Å². The maximum absolute atomic E-state index is 12.6. The minimum Gasteiger partial charge on any atom is -0.461 e. The number of allylic oxidation sites excluding steroid dienone is 1. The first-order valence-electron chi connectivity index (χ1n) is 8.46. The van der Waals surface area contributed by atoms with Gasteiger partial charge in [-0.2, -0.15) is 0 Å². The second-order valence-corrected chi connectivity index (χ2v) is 7.60. The quantitative estimate of drug-likeness (QED) is 0.792. The molecule has 0 aromatic heterocycles. The Morgan fingerprint density at radius 1 is 1.26 bits per heavy atom. The molecule has 23 heavy (non-hydrogen) atoms. The summed E-state index contributed by atoms with van der Waals surface area (Å²) in [5, 5.41) is 0.687. The minimum absolute atomic E-state index is 0.210. The summed E-state index contributed by atoms with van der Waals surface area (Å²) in [6.07, 6.45) is 6.17. The number of aryl methyl sites for hydroxylation is 1. The summed E-state index contributed by atoms with van der Waals surface area (Å²) < 4.78 is 5.75. The molecule has 1 aliphatic carbocycles. The molecule has 0 spiro atoms. The van der Waals surface area contributed by atoms with E-state index in [9.17, 15) is 4.79 Å². The Labute approximate surface area is 142 Å². The number of carbonyl (C=O) groups is 1. The van der Waals surface area contributed by atoms with Gasteiger partial charge in [-0.15, -0.1) is 0 Å². The first-order chi connectivity index (χ1) is 11.1. The van der Waals surface area contributed by atoms with Crippen LogP contribution in [0.15, 0.2) is 18.2 Å². The monoisotopic (exact) mass is 331 g/mol. The number of carbonyl (C=O) groups excluding carboxylic acids is 1. The molecule has 0 atom stereocenters. The summed E-state index contributed by atoms with van der Waals surface area (Å²) in [7, 11) is 0. The Bertz CT molecular complexity index is 673. The number of fused-ring (bicyclic) bond motifs is 4. The van der Waals surface area contributed by atoms with Gasteiger partial charge in [0.1, 0.15) is 0 Å². The Morgan fingerprint density at radius 2 is 1.96 bits per heavy atom. The third-order valence-electron chi connectivity index (χ3n) is 5.82. The van der Waals surface area contributed by atoms with Crippen molar-refractivity contribution < 1.29 is 9.53 Å². The summed E-state index contributed by atoms with van der Waals surface area (Å²) in [6.45, 7) is 5.96. The zero-order valence-electron chi connectivity index (χ0n) is 13.5.